The highest BCUT2D eigenvalue weighted by molar-refractivity contribution is 5.76. The van der Waals surface area contributed by atoms with Crippen molar-refractivity contribution in [3.63, 3.8) is 0 Å². The summed E-state index contributed by atoms with van der Waals surface area (Å²) < 4.78 is 5.51. The smallest absolute Gasteiger partial charge is 0.305 e. The van der Waals surface area contributed by atoms with Gasteiger partial charge in [0, 0.05) is 12.8 Å². The summed E-state index contributed by atoms with van der Waals surface area (Å²) >= 11 is 0. The number of rotatable bonds is 74. The highest BCUT2D eigenvalue weighted by atomic mass is 16.5. The van der Waals surface area contributed by atoms with Crippen LogP contribution in [0, 0.1) is 0 Å². The third kappa shape index (κ3) is 69.7. The first-order valence-electron chi connectivity index (χ1n) is 39.0. The van der Waals surface area contributed by atoms with Crippen molar-refractivity contribution >= 4 is 11.9 Å². The van der Waals surface area contributed by atoms with Gasteiger partial charge in [0.15, 0.2) is 0 Å². The summed E-state index contributed by atoms with van der Waals surface area (Å²) in [6, 6.07) is -0.627. The number of aliphatic hydroxyl groups is 2. The van der Waals surface area contributed by atoms with Crippen LogP contribution in [-0.4, -0.2) is 47.4 Å². The average Bonchev–Trinajstić information content (AvgIpc) is 3.53. The van der Waals surface area contributed by atoms with Gasteiger partial charge in [-0.1, -0.05) is 418 Å². The molecular formula is C78H153NO5. The number of hydrogen-bond donors (Lipinski definition) is 3. The summed E-state index contributed by atoms with van der Waals surface area (Å²) in [6.07, 6.45) is 93.2. The lowest BCUT2D eigenvalue weighted by Gasteiger charge is -2.20. The van der Waals surface area contributed by atoms with Crippen molar-refractivity contribution in [1.29, 1.82) is 0 Å². The number of hydrogen-bond acceptors (Lipinski definition) is 5. The van der Waals surface area contributed by atoms with Gasteiger partial charge in [-0.05, 0) is 32.1 Å². The van der Waals surface area contributed by atoms with E-state index in [0.717, 1.165) is 38.5 Å². The van der Waals surface area contributed by atoms with Crippen molar-refractivity contribution in [1.82, 2.24) is 5.32 Å². The summed E-state index contributed by atoms with van der Waals surface area (Å²) in [5.41, 5.74) is 0. The van der Waals surface area contributed by atoms with Crippen LogP contribution in [0.15, 0.2) is 12.2 Å². The van der Waals surface area contributed by atoms with E-state index in [9.17, 15) is 19.8 Å². The molecule has 3 N–H and O–H groups in total. The Balaban J connectivity index is 3.37. The number of unbranched alkanes of at least 4 members (excludes halogenated alkanes) is 63. The van der Waals surface area contributed by atoms with Crippen molar-refractivity contribution in [2.45, 2.75) is 463 Å². The molecule has 0 aliphatic rings. The van der Waals surface area contributed by atoms with Gasteiger partial charge in [0.1, 0.15) is 0 Å². The molecule has 84 heavy (non-hydrogen) atoms. The van der Waals surface area contributed by atoms with Crippen LogP contribution < -0.4 is 5.32 Å². The molecule has 0 aromatic carbocycles. The molecule has 0 aromatic rings. The fraction of sp³-hybridized carbons (Fsp3) is 0.949. The molecule has 0 aliphatic carbocycles. The molecule has 0 saturated heterocycles. The van der Waals surface area contributed by atoms with Gasteiger partial charge < -0.3 is 20.3 Å². The number of allylic oxidation sites excluding steroid dienone is 1. The van der Waals surface area contributed by atoms with Crippen molar-refractivity contribution in [2.24, 2.45) is 0 Å². The molecule has 0 fully saturated rings. The van der Waals surface area contributed by atoms with E-state index in [-0.39, 0.29) is 18.5 Å². The Bertz CT molecular complexity index is 1270. The van der Waals surface area contributed by atoms with Gasteiger partial charge >= 0.3 is 5.97 Å². The van der Waals surface area contributed by atoms with Gasteiger partial charge in [0.2, 0.25) is 5.91 Å². The molecule has 0 rings (SSSR count). The fourth-order valence-electron chi connectivity index (χ4n) is 12.6. The monoisotopic (exact) mass is 1180 g/mol. The molecule has 0 aliphatic heterocycles. The number of aliphatic hydroxyl groups excluding tert-OH is 2. The first-order chi connectivity index (χ1) is 41.5. The predicted molar refractivity (Wildman–Crippen MR) is 370 cm³/mol. The Morgan fingerprint density at radius 2 is 0.548 bits per heavy atom. The molecule has 0 radical (unpaired) electrons. The van der Waals surface area contributed by atoms with Crippen LogP contribution in [-0.2, 0) is 14.3 Å². The summed E-state index contributed by atoms with van der Waals surface area (Å²) in [5.74, 6) is -0.0375. The lowest BCUT2D eigenvalue weighted by molar-refractivity contribution is -0.143. The maximum Gasteiger partial charge on any atom is 0.305 e. The van der Waals surface area contributed by atoms with Gasteiger partial charge in [0.05, 0.1) is 25.4 Å². The fourth-order valence-corrected chi connectivity index (χ4v) is 12.6. The molecule has 0 saturated carbocycles. The van der Waals surface area contributed by atoms with E-state index in [4.69, 9.17) is 4.74 Å². The van der Waals surface area contributed by atoms with E-state index in [1.54, 1.807) is 6.08 Å². The second-order valence-electron chi connectivity index (χ2n) is 27.1. The molecule has 0 heterocycles. The Morgan fingerprint density at radius 3 is 0.810 bits per heavy atom. The molecular weight excluding hydrogens is 1030 g/mol. The topological polar surface area (TPSA) is 95.9 Å². The number of esters is 1. The number of carbonyl (C=O) groups is 2. The Kier molecular flexibility index (Phi) is 72.8. The lowest BCUT2D eigenvalue weighted by atomic mass is 10.0. The first-order valence-corrected chi connectivity index (χ1v) is 39.0. The van der Waals surface area contributed by atoms with E-state index in [0.29, 0.717) is 19.4 Å². The van der Waals surface area contributed by atoms with Crippen LogP contribution in [0.2, 0.25) is 0 Å². The van der Waals surface area contributed by atoms with Crippen LogP contribution in [0.25, 0.3) is 0 Å². The second-order valence-corrected chi connectivity index (χ2v) is 27.1. The molecule has 2 unspecified atom stereocenters. The summed E-state index contributed by atoms with van der Waals surface area (Å²) in [5, 5.41) is 23.3. The highest BCUT2D eigenvalue weighted by Crippen LogP contribution is 2.20. The van der Waals surface area contributed by atoms with E-state index in [2.05, 4.69) is 19.2 Å². The number of ether oxygens (including phenoxy) is 1. The summed E-state index contributed by atoms with van der Waals surface area (Å²) in [7, 11) is 0. The van der Waals surface area contributed by atoms with Gasteiger partial charge in [-0.15, -0.1) is 0 Å². The zero-order valence-electron chi connectivity index (χ0n) is 57.4. The van der Waals surface area contributed by atoms with Crippen molar-refractivity contribution in [2.75, 3.05) is 13.2 Å². The van der Waals surface area contributed by atoms with E-state index in [1.807, 2.05) is 6.08 Å². The molecule has 1 amide bonds. The lowest BCUT2D eigenvalue weighted by Crippen LogP contribution is -2.45. The van der Waals surface area contributed by atoms with E-state index >= 15 is 0 Å². The molecule has 500 valence electrons. The van der Waals surface area contributed by atoms with Crippen LogP contribution in [0.4, 0.5) is 0 Å². The Hall–Kier alpha value is -1.40. The quantitative estimate of drug-likeness (QED) is 0.0320. The molecule has 0 aromatic heterocycles. The van der Waals surface area contributed by atoms with Gasteiger partial charge in [-0.25, -0.2) is 0 Å². The van der Waals surface area contributed by atoms with Crippen molar-refractivity contribution in [3.05, 3.63) is 12.2 Å². The standard InChI is InChI=1S/C78H153NO5/c1-3-5-7-9-11-13-15-17-19-20-21-22-23-27-30-33-36-39-43-46-50-54-58-62-66-70-76(81)75(74-80)79-77(82)71-67-63-59-55-51-47-44-40-37-34-31-28-25-24-26-29-32-35-38-41-45-49-53-57-61-65-69-73-84-78(83)72-68-64-60-56-52-48-42-18-16-14-12-10-8-6-4-2/h66,70,75-76,80-81H,3-65,67-69,71-74H2,1-2H3,(H,79,82)/b70-66+. The number of amides is 1. The summed E-state index contributed by atoms with van der Waals surface area (Å²) in [4.78, 5) is 24.6. The predicted octanol–water partition coefficient (Wildman–Crippen LogP) is 25.5. The highest BCUT2D eigenvalue weighted by Gasteiger charge is 2.18. The zero-order chi connectivity index (χ0) is 60.6. The third-order valence-corrected chi connectivity index (χ3v) is 18.6. The van der Waals surface area contributed by atoms with Crippen LogP contribution in [0.1, 0.15) is 450 Å². The van der Waals surface area contributed by atoms with E-state index < -0.39 is 12.1 Å². The molecule has 0 spiro atoms. The minimum absolute atomic E-state index is 0.0220. The molecule has 6 nitrogen and oxygen atoms in total. The maximum atomic E-state index is 12.6. The Labute approximate surface area is 527 Å². The first kappa shape index (κ1) is 82.6. The third-order valence-electron chi connectivity index (χ3n) is 18.6. The second kappa shape index (κ2) is 74.1. The van der Waals surface area contributed by atoms with Crippen LogP contribution in [0.5, 0.6) is 0 Å². The normalized spacial score (nSPS) is 12.5. The van der Waals surface area contributed by atoms with Gasteiger partial charge in [0.25, 0.3) is 0 Å². The SMILES string of the molecule is CCCCCCCCCCCCCCCCCCCCCCCCC/C=C/C(O)C(CO)NC(=O)CCCCCCCCCCCCCCCCCCCCCCCCCCCCCOC(=O)CCCCCCCCCCCCCCCCC. The maximum absolute atomic E-state index is 12.6. The largest absolute Gasteiger partial charge is 0.466 e. The molecule has 6 heteroatoms. The van der Waals surface area contributed by atoms with E-state index in [1.165, 1.54) is 385 Å². The number of carbonyl (C=O) groups excluding carboxylic acids is 2. The molecule has 0 bridgehead atoms. The van der Waals surface area contributed by atoms with Crippen LogP contribution >= 0.6 is 0 Å². The van der Waals surface area contributed by atoms with Crippen molar-refractivity contribution < 1.29 is 24.5 Å². The van der Waals surface area contributed by atoms with Gasteiger partial charge in [-0.2, -0.15) is 0 Å². The van der Waals surface area contributed by atoms with Crippen LogP contribution in [0.3, 0.4) is 0 Å². The zero-order valence-corrected chi connectivity index (χ0v) is 57.4. The van der Waals surface area contributed by atoms with Gasteiger partial charge in [-0.3, -0.25) is 9.59 Å². The van der Waals surface area contributed by atoms with Crippen molar-refractivity contribution in [3.8, 4) is 0 Å². The minimum atomic E-state index is -0.844. The number of nitrogens with one attached hydrogen (secondary N) is 1. The average molecular weight is 1190 g/mol. The Morgan fingerprint density at radius 1 is 0.321 bits per heavy atom. The minimum Gasteiger partial charge on any atom is -0.466 e. The molecule has 2 atom stereocenters. The summed E-state index contributed by atoms with van der Waals surface area (Å²) in [6.45, 7) is 4.96.